The van der Waals surface area contributed by atoms with Gasteiger partial charge in [0.05, 0.1) is 6.61 Å². The molecule has 396 valence electrons. The first-order valence-corrected chi connectivity index (χ1v) is 29.8. The Morgan fingerprint density at radius 2 is 0.662 bits per heavy atom. The number of unbranched alkanes of at least 4 members (excludes halogenated alkanes) is 34. The molecule has 0 fully saturated rings. The SMILES string of the molecule is CC/C=C\C/C=C\C/C=C\C/C=C\CCCCCCCCC(=O)OCC(COCCCCCCCCCCCCCCCCCCCCCC)OC(=O)CCCCCCC/C=C\CCCCCC. The largest absolute Gasteiger partial charge is 0.462 e. The van der Waals surface area contributed by atoms with Crippen LogP contribution in [0, 0.1) is 0 Å². The zero-order chi connectivity index (χ0) is 49.2. The van der Waals surface area contributed by atoms with Gasteiger partial charge in [-0.15, -0.1) is 0 Å². The molecule has 0 aliphatic carbocycles. The van der Waals surface area contributed by atoms with Gasteiger partial charge in [0.1, 0.15) is 6.61 Å². The van der Waals surface area contributed by atoms with E-state index in [2.05, 4.69) is 81.5 Å². The summed E-state index contributed by atoms with van der Waals surface area (Å²) in [5, 5.41) is 0. The Kier molecular flexibility index (Phi) is 56.8. The lowest BCUT2D eigenvalue weighted by Gasteiger charge is -2.18. The van der Waals surface area contributed by atoms with Crippen LogP contribution >= 0.6 is 0 Å². The van der Waals surface area contributed by atoms with E-state index in [1.165, 1.54) is 186 Å². The predicted molar refractivity (Wildman–Crippen MR) is 298 cm³/mol. The monoisotopic (exact) mass is 951 g/mol. The van der Waals surface area contributed by atoms with Gasteiger partial charge in [0.2, 0.25) is 0 Å². The number of hydrogen-bond acceptors (Lipinski definition) is 5. The third kappa shape index (κ3) is 56.2. The van der Waals surface area contributed by atoms with E-state index < -0.39 is 6.10 Å². The molecule has 0 heterocycles. The minimum Gasteiger partial charge on any atom is -0.462 e. The highest BCUT2D eigenvalue weighted by atomic mass is 16.6. The van der Waals surface area contributed by atoms with Gasteiger partial charge >= 0.3 is 11.9 Å². The number of rotatable bonds is 55. The average Bonchev–Trinajstić information content (AvgIpc) is 3.34. The molecule has 1 atom stereocenters. The van der Waals surface area contributed by atoms with Gasteiger partial charge < -0.3 is 14.2 Å². The molecule has 0 aliphatic rings. The van der Waals surface area contributed by atoms with Crippen LogP contribution in [0.2, 0.25) is 0 Å². The molecule has 0 aromatic rings. The molecule has 0 rings (SSSR count). The van der Waals surface area contributed by atoms with Gasteiger partial charge in [0, 0.05) is 19.4 Å². The lowest BCUT2D eigenvalue weighted by Crippen LogP contribution is -2.30. The molecule has 0 aromatic heterocycles. The fraction of sp³-hybridized carbons (Fsp3) is 0.810. The van der Waals surface area contributed by atoms with Crippen LogP contribution < -0.4 is 0 Å². The van der Waals surface area contributed by atoms with E-state index in [1.807, 2.05) is 0 Å². The molecule has 5 nitrogen and oxygen atoms in total. The third-order valence-electron chi connectivity index (χ3n) is 13.0. The Bertz CT molecular complexity index is 1170. The molecule has 0 N–H and O–H groups in total. The average molecular weight is 952 g/mol. The van der Waals surface area contributed by atoms with Crippen LogP contribution in [0.3, 0.4) is 0 Å². The first-order chi connectivity index (χ1) is 33.6. The summed E-state index contributed by atoms with van der Waals surface area (Å²) in [5.41, 5.74) is 0. The molecule has 0 saturated carbocycles. The topological polar surface area (TPSA) is 61.8 Å². The first kappa shape index (κ1) is 65.6. The van der Waals surface area contributed by atoms with Crippen LogP contribution in [0.5, 0.6) is 0 Å². The highest BCUT2D eigenvalue weighted by Crippen LogP contribution is 2.16. The van der Waals surface area contributed by atoms with E-state index in [-0.39, 0.29) is 25.2 Å². The van der Waals surface area contributed by atoms with Gasteiger partial charge in [-0.25, -0.2) is 0 Å². The molecular formula is C63H114O5. The number of esters is 2. The zero-order valence-corrected chi connectivity index (χ0v) is 45.6. The number of carbonyl (C=O) groups excluding carboxylic acids is 2. The molecule has 0 aliphatic heterocycles. The van der Waals surface area contributed by atoms with Gasteiger partial charge in [-0.05, 0) is 83.5 Å². The molecule has 0 aromatic carbocycles. The maximum Gasteiger partial charge on any atom is 0.306 e. The van der Waals surface area contributed by atoms with Crippen molar-refractivity contribution in [1.29, 1.82) is 0 Å². The Balaban J connectivity index is 4.24. The van der Waals surface area contributed by atoms with Crippen molar-refractivity contribution < 1.29 is 23.8 Å². The van der Waals surface area contributed by atoms with Crippen molar-refractivity contribution >= 4 is 11.9 Å². The van der Waals surface area contributed by atoms with Crippen molar-refractivity contribution in [2.75, 3.05) is 19.8 Å². The summed E-state index contributed by atoms with van der Waals surface area (Å²) in [6.45, 7) is 7.73. The molecule has 0 radical (unpaired) electrons. The Labute approximate surface area is 424 Å². The molecule has 0 bridgehead atoms. The molecule has 0 saturated heterocycles. The second-order valence-corrected chi connectivity index (χ2v) is 19.9. The van der Waals surface area contributed by atoms with Gasteiger partial charge in [0.15, 0.2) is 6.10 Å². The van der Waals surface area contributed by atoms with Crippen molar-refractivity contribution in [3.63, 3.8) is 0 Å². The minimum atomic E-state index is -0.546. The summed E-state index contributed by atoms with van der Waals surface area (Å²) in [4.78, 5) is 25.5. The van der Waals surface area contributed by atoms with Crippen molar-refractivity contribution in [2.45, 2.75) is 309 Å². The van der Waals surface area contributed by atoms with E-state index >= 15 is 0 Å². The Morgan fingerprint density at radius 3 is 1.09 bits per heavy atom. The quantitative estimate of drug-likeness (QED) is 0.0345. The Morgan fingerprint density at radius 1 is 0.338 bits per heavy atom. The Hall–Kier alpha value is -2.40. The maximum atomic E-state index is 12.8. The maximum absolute atomic E-state index is 12.8. The van der Waals surface area contributed by atoms with E-state index in [1.54, 1.807) is 0 Å². The highest BCUT2D eigenvalue weighted by Gasteiger charge is 2.17. The van der Waals surface area contributed by atoms with Crippen molar-refractivity contribution in [3.05, 3.63) is 60.8 Å². The highest BCUT2D eigenvalue weighted by molar-refractivity contribution is 5.70. The van der Waals surface area contributed by atoms with Gasteiger partial charge in [-0.2, -0.15) is 0 Å². The number of allylic oxidation sites excluding steroid dienone is 10. The van der Waals surface area contributed by atoms with Crippen LogP contribution in [0.1, 0.15) is 303 Å². The van der Waals surface area contributed by atoms with E-state index in [0.29, 0.717) is 19.4 Å². The normalized spacial score (nSPS) is 12.6. The molecule has 0 spiro atoms. The van der Waals surface area contributed by atoms with Gasteiger partial charge in [0.25, 0.3) is 0 Å². The molecular weight excluding hydrogens is 837 g/mol. The van der Waals surface area contributed by atoms with Crippen LogP contribution in [0.25, 0.3) is 0 Å². The number of carbonyl (C=O) groups is 2. The molecule has 1 unspecified atom stereocenters. The van der Waals surface area contributed by atoms with Crippen LogP contribution in [-0.2, 0) is 23.8 Å². The third-order valence-corrected chi connectivity index (χ3v) is 13.0. The number of ether oxygens (including phenoxy) is 3. The lowest BCUT2D eigenvalue weighted by molar-refractivity contribution is -0.163. The summed E-state index contributed by atoms with van der Waals surface area (Å²) in [7, 11) is 0. The van der Waals surface area contributed by atoms with E-state index in [0.717, 1.165) is 83.5 Å². The standard InChI is InChI=1S/C63H114O5/c1-4-7-10-13-16-19-22-25-27-29-31-33-35-37-40-43-46-49-52-55-58-66-59-61(68-63(65)57-54-51-48-45-42-38-24-21-18-15-12-9-6-3)60-67-62(64)56-53-50-47-44-41-39-36-34-32-30-28-26-23-20-17-14-11-8-5-2/h8,11,17,20-21,24,26,28,32,34,61H,4-7,9-10,12-16,18-19,22-23,25,27,29-31,33,35-60H2,1-3H3/b11-8-,20-17-,24-21-,28-26-,34-32-. The van der Waals surface area contributed by atoms with Crippen LogP contribution in [0.15, 0.2) is 60.8 Å². The fourth-order valence-electron chi connectivity index (χ4n) is 8.62. The fourth-order valence-corrected chi connectivity index (χ4v) is 8.62. The second kappa shape index (κ2) is 58.9. The number of hydrogen-bond donors (Lipinski definition) is 0. The van der Waals surface area contributed by atoms with E-state index in [4.69, 9.17) is 14.2 Å². The van der Waals surface area contributed by atoms with Crippen LogP contribution in [-0.4, -0.2) is 37.9 Å². The van der Waals surface area contributed by atoms with Crippen molar-refractivity contribution in [1.82, 2.24) is 0 Å². The molecule has 5 heteroatoms. The first-order valence-electron chi connectivity index (χ1n) is 29.8. The van der Waals surface area contributed by atoms with E-state index in [9.17, 15) is 9.59 Å². The summed E-state index contributed by atoms with van der Waals surface area (Å²) in [6, 6.07) is 0. The molecule has 0 amide bonds. The molecule has 68 heavy (non-hydrogen) atoms. The zero-order valence-electron chi connectivity index (χ0n) is 45.6. The summed E-state index contributed by atoms with van der Waals surface area (Å²) < 4.78 is 17.5. The van der Waals surface area contributed by atoms with Gasteiger partial charge in [-0.3, -0.25) is 9.59 Å². The second-order valence-electron chi connectivity index (χ2n) is 19.9. The van der Waals surface area contributed by atoms with Crippen molar-refractivity contribution in [2.24, 2.45) is 0 Å². The van der Waals surface area contributed by atoms with Crippen LogP contribution in [0.4, 0.5) is 0 Å². The summed E-state index contributed by atoms with van der Waals surface area (Å²) in [6.07, 6.45) is 75.3. The smallest absolute Gasteiger partial charge is 0.306 e. The van der Waals surface area contributed by atoms with Crippen molar-refractivity contribution in [3.8, 4) is 0 Å². The summed E-state index contributed by atoms with van der Waals surface area (Å²) in [5.74, 6) is -0.410. The minimum absolute atomic E-state index is 0.0766. The lowest BCUT2D eigenvalue weighted by atomic mass is 10.0. The summed E-state index contributed by atoms with van der Waals surface area (Å²) >= 11 is 0. The van der Waals surface area contributed by atoms with Gasteiger partial charge in [-0.1, -0.05) is 268 Å². The predicted octanol–water partition coefficient (Wildman–Crippen LogP) is 20.5.